The summed E-state index contributed by atoms with van der Waals surface area (Å²) in [6.45, 7) is 4.02. The maximum absolute atomic E-state index is 12.4. The second-order valence-corrected chi connectivity index (χ2v) is 13.8. The van der Waals surface area contributed by atoms with Crippen LogP contribution in [0.15, 0.2) is 48.6 Å². The van der Waals surface area contributed by atoms with Gasteiger partial charge in [0.25, 0.3) is 0 Å². The summed E-state index contributed by atoms with van der Waals surface area (Å²) < 4.78 is 0. The van der Waals surface area contributed by atoms with Gasteiger partial charge in [-0.2, -0.15) is 0 Å². The normalized spacial score (nSPS) is 14.2. The number of nitrogens with one attached hydrogen (secondary N) is 1. The van der Waals surface area contributed by atoms with Crippen LogP contribution in [0, 0.1) is 0 Å². The molecule has 0 aliphatic rings. The van der Waals surface area contributed by atoms with Crippen molar-refractivity contribution in [2.45, 2.75) is 212 Å². The summed E-state index contributed by atoms with van der Waals surface area (Å²) >= 11 is 0. The van der Waals surface area contributed by atoms with Crippen LogP contribution in [0.1, 0.15) is 194 Å². The van der Waals surface area contributed by atoms with E-state index in [0.29, 0.717) is 12.8 Å². The van der Waals surface area contributed by atoms with Crippen molar-refractivity contribution >= 4 is 5.91 Å². The summed E-state index contributed by atoms with van der Waals surface area (Å²) in [6.07, 6.45) is 48.1. The first-order valence-electron chi connectivity index (χ1n) is 20.4. The molecular weight excluding hydrogens is 594 g/mol. The number of unbranched alkanes of at least 4 members (excludes halogenated alkanes) is 20. The van der Waals surface area contributed by atoms with Crippen molar-refractivity contribution in [3.05, 3.63) is 48.6 Å². The number of carbonyl (C=O) groups excluding carboxylic acids is 1. The Labute approximate surface area is 297 Å². The second-order valence-electron chi connectivity index (χ2n) is 13.8. The molecule has 0 spiro atoms. The summed E-state index contributed by atoms with van der Waals surface area (Å²) in [5.74, 6) is -0.167. The molecule has 1 amide bonds. The molecule has 0 aromatic carbocycles. The Kier molecular flexibility index (Phi) is 36.8. The van der Waals surface area contributed by atoms with Crippen molar-refractivity contribution < 1.29 is 20.1 Å². The average molecular weight is 674 g/mol. The van der Waals surface area contributed by atoms with Gasteiger partial charge in [0.2, 0.25) is 5.91 Å². The zero-order valence-electron chi connectivity index (χ0n) is 31.6. The van der Waals surface area contributed by atoms with Crippen molar-refractivity contribution in [3.63, 3.8) is 0 Å². The first-order chi connectivity index (χ1) is 23.6. The van der Waals surface area contributed by atoms with Gasteiger partial charge in [-0.05, 0) is 77.0 Å². The minimum atomic E-state index is -1.17. The Hall–Kier alpha value is -1.69. The fourth-order valence-corrected chi connectivity index (χ4v) is 5.98. The predicted molar refractivity (Wildman–Crippen MR) is 208 cm³/mol. The maximum atomic E-state index is 12.4. The molecule has 0 saturated carbocycles. The van der Waals surface area contributed by atoms with E-state index < -0.39 is 18.2 Å². The molecule has 280 valence electrons. The smallest absolute Gasteiger partial charge is 0.220 e. The van der Waals surface area contributed by atoms with E-state index in [2.05, 4.69) is 67.8 Å². The summed E-state index contributed by atoms with van der Waals surface area (Å²) in [5.41, 5.74) is 0. The molecule has 0 aromatic rings. The van der Waals surface area contributed by atoms with Gasteiger partial charge in [-0.15, -0.1) is 0 Å². The third-order valence-electron chi connectivity index (χ3n) is 9.14. The largest absolute Gasteiger partial charge is 0.394 e. The van der Waals surface area contributed by atoms with Crippen LogP contribution in [0.3, 0.4) is 0 Å². The first-order valence-corrected chi connectivity index (χ1v) is 20.4. The number of allylic oxidation sites excluding steroid dienone is 8. The van der Waals surface area contributed by atoms with Crippen LogP contribution in [-0.4, -0.2) is 46.1 Å². The molecule has 0 fully saturated rings. The zero-order chi connectivity index (χ0) is 35.2. The highest BCUT2D eigenvalue weighted by Gasteiger charge is 2.26. The molecule has 0 rings (SSSR count). The Morgan fingerprint density at radius 1 is 0.542 bits per heavy atom. The van der Waals surface area contributed by atoms with Crippen LogP contribution in [0.5, 0.6) is 0 Å². The second kappa shape index (κ2) is 38.1. The lowest BCUT2D eigenvalue weighted by Crippen LogP contribution is -2.50. The highest BCUT2D eigenvalue weighted by Crippen LogP contribution is 2.14. The topological polar surface area (TPSA) is 89.8 Å². The quantitative estimate of drug-likeness (QED) is 0.0393. The summed E-state index contributed by atoms with van der Waals surface area (Å²) in [5, 5.41) is 33.2. The van der Waals surface area contributed by atoms with E-state index in [0.717, 1.165) is 57.8 Å². The van der Waals surface area contributed by atoms with E-state index in [1.165, 1.54) is 109 Å². The van der Waals surface area contributed by atoms with Gasteiger partial charge in [0, 0.05) is 6.42 Å². The number of aliphatic hydroxyl groups excluding tert-OH is 3. The first kappa shape index (κ1) is 46.3. The van der Waals surface area contributed by atoms with E-state index in [4.69, 9.17) is 0 Å². The SMILES string of the molecule is CC/C=C/CC/C=C/CCCC(O)C(O)C(CO)NC(=O)CCCCCCCCCCC/C=C\C/C=C\CCCCCCCCCCC. The summed E-state index contributed by atoms with van der Waals surface area (Å²) in [4.78, 5) is 12.4. The molecule has 5 heteroatoms. The number of hydrogen-bond donors (Lipinski definition) is 4. The zero-order valence-corrected chi connectivity index (χ0v) is 31.6. The van der Waals surface area contributed by atoms with Gasteiger partial charge in [0.15, 0.2) is 0 Å². The monoisotopic (exact) mass is 674 g/mol. The predicted octanol–water partition coefficient (Wildman–Crippen LogP) is 11.4. The average Bonchev–Trinajstić information content (AvgIpc) is 3.09. The van der Waals surface area contributed by atoms with E-state index in [1.54, 1.807) is 0 Å². The van der Waals surface area contributed by atoms with Gasteiger partial charge < -0.3 is 20.6 Å². The van der Waals surface area contributed by atoms with Crippen LogP contribution in [-0.2, 0) is 4.79 Å². The molecule has 0 heterocycles. The number of hydrogen-bond acceptors (Lipinski definition) is 4. The van der Waals surface area contributed by atoms with Gasteiger partial charge >= 0.3 is 0 Å². The Bertz CT molecular complexity index is 790. The standard InChI is InChI=1S/C43H79NO4/c1-3-5-7-9-11-13-14-15-16-17-18-19-20-21-22-23-24-25-26-27-28-30-32-34-36-38-42(47)44-40(39-45)43(48)41(46)37-35-33-31-29-12-10-8-6-4-2/h6,8,18-19,21-22,29,31,40-41,43,45-46,48H,3-5,7,9-17,20,23-28,30,32-39H2,1-2H3,(H,44,47)/b8-6+,19-18-,22-21-,31-29+. The van der Waals surface area contributed by atoms with Crippen molar-refractivity contribution in [1.29, 1.82) is 0 Å². The fourth-order valence-electron chi connectivity index (χ4n) is 5.98. The van der Waals surface area contributed by atoms with Crippen molar-refractivity contribution in [1.82, 2.24) is 5.32 Å². The number of amides is 1. The molecule has 0 aromatic heterocycles. The fraction of sp³-hybridized carbons (Fsp3) is 0.791. The van der Waals surface area contributed by atoms with E-state index in [1.807, 2.05) is 0 Å². The lowest BCUT2D eigenvalue weighted by Gasteiger charge is -2.26. The summed E-state index contributed by atoms with van der Waals surface area (Å²) in [7, 11) is 0. The molecule has 0 radical (unpaired) electrons. The van der Waals surface area contributed by atoms with Gasteiger partial charge in [-0.1, -0.05) is 159 Å². The van der Waals surface area contributed by atoms with Crippen LogP contribution < -0.4 is 5.32 Å². The Morgan fingerprint density at radius 2 is 0.979 bits per heavy atom. The highest BCUT2D eigenvalue weighted by atomic mass is 16.3. The lowest BCUT2D eigenvalue weighted by atomic mass is 10.0. The lowest BCUT2D eigenvalue weighted by molar-refractivity contribution is -0.124. The molecule has 4 N–H and O–H groups in total. The van der Waals surface area contributed by atoms with E-state index in [9.17, 15) is 20.1 Å². The highest BCUT2D eigenvalue weighted by molar-refractivity contribution is 5.76. The van der Waals surface area contributed by atoms with Crippen molar-refractivity contribution in [2.75, 3.05) is 6.61 Å². The maximum Gasteiger partial charge on any atom is 0.220 e. The Morgan fingerprint density at radius 3 is 1.50 bits per heavy atom. The molecule has 3 atom stereocenters. The molecule has 5 nitrogen and oxygen atoms in total. The number of aliphatic hydroxyl groups is 3. The number of carbonyl (C=O) groups is 1. The Balaban J connectivity index is 3.63. The van der Waals surface area contributed by atoms with Crippen molar-refractivity contribution in [2.24, 2.45) is 0 Å². The third kappa shape index (κ3) is 32.8. The minimum Gasteiger partial charge on any atom is -0.394 e. The van der Waals surface area contributed by atoms with Gasteiger partial charge in [0.05, 0.1) is 18.8 Å². The molecule has 0 bridgehead atoms. The van der Waals surface area contributed by atoms with Crippen LogP contribution in [0.2, 0.25) is 0 Å². The van der Waals surface area contributed by atoms with Gasteiger partial charge in [-0.25, -0.2) is 0 Å². The minimum absolute atomic E-state index is 0.167. The molecule has 0 saturated heterocycles. The molecule has 3 unspecified atom stereocenters. The molecule has 0 aliphatic heterocycles. The van der Waals surface area contributed by atoms with Crippen LogP contribution in [0.4, 0.5) is 0 Å². The molecule has 48 heavy (non-hydrogen) atoms. The van der Waals surface area contributed by atoms with Crippen molar-refractivity contribution in [3.8, 4) is 0 Å². The van der Waals surface area contributed by atoms with Gasteiger partial charge in [-0.3, -0.25) is 4.79 Å². The van der Waals surface area contributed by atoms with Crippen LogP contribution in [0.25, 0.3) is 0 Å². The van der Waals surface area contributed by atoms with E-state index >= 15 is 0 Å². The summed E-state index contributed by atoms with van der Waals surface area (Å²) in [6, 6.07) is -0.833. The molecular formula is C43H79NO4. The van der Waals surface area contributed by atoms with Gasteiger partial charge in [0.1, 0.15) is 6.10 Å². The number of rotatable bonds is 36. The van der Waals surface area contributed by atoms with E-state index in [-0.39, 0.29) is 12.5 Å². The third-order valence-corrected chi connectivity index (χ3v) is 9.14. The van der Waals surface area contributed by atoms with Crippen LogP contribution >= 0.6 is 0 Å². The molecule has 0 aliphatic carbocycles.